The normalized spacial score (nSPS) is 22.7. The highest BCUT2D eigenvalue weighted by Crippen LogP contribution is 2.38. The number of nitrogens with zero attached hydrogens (tertiary/aromatic N) is 4. The Morgan fingerprint density at radius 1 is 1.20 bits per heavy atom. The summed E-state index contributed by atoms with van der Waals surface area (Å²) in [6.07, 6.45) is 2.71. The molecular weight excluding hydrogens is 388 g/mol. The number of halogens is 2. The molecule has 0 bridgehead atoms. The summed E-state index contributed by atoms with van der Waals surface area (Å²) in [5, 5.41) is 7.96. The zero-order chi connectivity index (χ0) is 21.5. The molecule has 0 aromatic carbocycles. The zero-order valence-corrected chi connectivity index (χ0v) is 17.7. The third kappa shape index (κ3) is 4.04. The summed E-state index contributed by atoms with van der Waals surface area (Å²) < 4.78 is 29.2. The Balaban J connectivity index is 1.45. The highest BCUT2D eigenvalue weighted by Gasteiger charge is 2.39. The number of alkyl halides is 2. The number of amides is 1. The number of rotatable bonds is 3. The summed E-state index contributed by atoms with van der Waals surface area (Å²) in [5.74, 6) is 0.928. The van der Waals surface area contributed by atoms with Crippen LogP contribution in [0.4, 0.5) is 14.6 Å². The van der Waals surface area contributed by atoms with Crippen LogP contribution in [0, 0.1) is 5.92 Å². The number of fused-ring (bicyclic) bond motifs is 1. The van der Waals surface area contributed by atoms with E-state index in [1.165, 1.54) is 4.68 Å². The Bertz CT molecular complexity index is 885. The lowest BCUT2D eigenvalue weighted by Crippen LogP contribution is -2.46. The third-order valence-electron chi connectivity index (χ3n) is 6.26. The first kappa shape index (κ1) is 20.8. The van der Waals surface area contributed by atoms with Crippen LogP contribution in [-0.4, -0.2) is 51.1 Å². The lowest BCUT2D eigenvalue weighted by atomic mass is 9.84. The number of hydrogen-bond acceptors (Lipinski definition) is 4. The largest absolute Gasteiger partial charge is 0.367 e. The Labute approximate surface area is 175 Å². The van der Waals surface area contributed by atoms with E-state index in [1.807, 2.05) is 31.7 Å². The van der Waals surface area contributed by atoms with Crippen molar-refractivity contribution >= 4 is 11.7 Å². The van der Waals surface area contributed by atoms with Gasteiger partial charge < -0.3 is 10.2 Å². The minimum absolute atomic E-state index is 0.00538. The van der Waals surface area contributed by atoms with Crippen LogP contribution < -0.4 is 5.32 Å². The van der Waals surface area contributed by atoms with Crippen molar-refractivity contribution in [1.82, 2.24) is 19.7 Å². The van der Waals surface area contributed by atoms with Crippen molar-refractivity contribution in [1.29, 1.82) is 0 Å². The molecule has 1 N–H and O–H groups in total. The minimum atomic E-state index is -2.46. The number of carbonyl (C=O) groups excluding carboxylic acids is 1. The standard InChI is InChI=1S/C22H29F2N5O/c1-22(2,3)18-13-19-26-16(12-17(20(23)24)29(19)27-18)14-6-10-28(11-7-14)21(30)15-4-8-25-9-5-15/h4-5,8-9,13-14,16-17,20,26H,6-7,10-12H2,1-3H3/t16-,17+/m0/s1. The van der Waals surface area contributed by atoms with Crippen LogP contribution in [0.15, 0.2) is 30.6 Å². The molecule has 4 rings (SSSR count). The highest BCUT2D eigenvalue weighted by atomic mass is 19.3. The van der Waals surface area contributed by atoms with E-state index in [1.54, 1.807) is 24.5 Å². The van der Waals surface area contributed by atoms with Crippen LogP contribution in [0.5, 0.6) is 0 Å². The van der Waals surface area contributed by atoms with Gasteiger partial charge in [-0.3, -0.25) is 9.78 Å². The van der Waals surface area contributed by atoms with E-state index in [9.17, 15) is 13.6 Å². The summed E-state index contributed by atoms with van der Waals surface area (Å²) in [6, 6.07) is 4.39. The number of pyridine rings is 1. The van der Waals surface area contributed by atoms with Crippen molar-refractivity contribution in [3.63, 3.8) is 0 Å². The van der Waals surface area contributed by atoms with Crippen molar-refractivity contribution in [2.45, 2.75) is 64.0 Å². The molecule has 2 aromatic heterocycles. The first-order valence-electron chi connectivity index (χ1n) is 10.6. The fourth-order valence-corrected chi connectivity index (χ4v) is 4.43. The summed E-state index contributed by atoms with van der Waals surface area (Å²) in [5.41, 5.74) is 1.25. The fourth-order valence-electron chi connectivity index (χ4n) is 4.43. The van der Waals surface area contributed by atoms with Gasteiger partial charge in [-0.1, -0.05) is 20.8 Å². The van der Waals surface area contributed by atoms with Gasteiger partial charge in [0.25, 0.3) is 12.3 Å². The molecule has 162 valence electrons. The molecule has 0 saturated carbocycles. The van der Waals surface area contributed by atoms with Gasteiger partial charge in [-0.25, -0.2) is 13.5 Å². The predicted octanol–water partition coefficient (Wildman–Crippen LogP) is 4.12. The number of hydrogen-bond donors (Lipinski definition) is 1. The van der Waals surface area contributed by atoms with Crippen molar-refractivity contribution in [2.75, 3.05) is 18.4 Å². The number of carbonyl (C=O) groups is 1. The number of anilines is 1. The number of likely N-dealkylation sites (tertiary alicyclic amines) is 1. The molecular formula is C22H29F2N5O. The molecule has 2 aliphatic heterocycles. The van der Waals surface area contributed by atoms with Gasteiger partial charge in [0.2, 0.25) is 0 Å². The molecule has 2 aliphatic rings. The van der Waals surface area contributed by atoms with Crippen LogP contribution in [0.25, 0.3) is 0 Å². The first-order chi connectivity index (χ1) is 14.2. The molecule has 0 aliphatic carbocycles. The van der Waals surface area contributed by atoms with Crippen LogP contribution >= 0.6 is 0 Å². The molecule has 30 heavy (non-hydrogen) atoms. The van der Waals surface area contributed by atoms with Gasteiger partial charge in [-0.2, -0.15) is 5.10 Å². The molecule has 0 radical (unpaired) electrons. The van der Waals surface area contributed by atoms with E-state index in [0.29, 0.717) is 30.9 Å². The van der Waals surface area contributed by atoms with Gasteiger partial charge in [0.05, 0.1) is 5.69 Å². The third-order valence-corrected chi connectivity index (χ3v) is 6.26. The molecule has 1 amide bonds. The van der Waals surface area contributed by atoms with E-state index < -0.39 is 12.5 Å². The molecule has 4 heterocycles. The number of piperidine rings is 1. The van der Waals surface area contributed by atoms with Gasteiger partial charge in [0, 0.05) is 48.6 Å². The number of aromatic nitrogens is 3. The quantitative estimate of drug-likeness (QED) is 0.816. The van der Waals surface area contributed by atoms with E-state index in [-0.39, 0.29) is 23.3 Å². The second-order valence-corrected chi connectivity index (χ2v) is 9.36. The fraction of sp³-hybridized carbons (Fsp3) is 0.591. The molecule has 6 nitrogen and oxygen atoms in total. The lowest BCUT2D eigenvalue weighted by molar-refractivity contribution is 0.0537. The Morgan fingerprint density at radius 2 is 1.87 bits per heavy atom. The van der Waals surface area contributed by atoms with Crippen molar-refractivity contribution in [2.24, 2.45) is 5.92 Å². The van der Waals surface area contributed by atoms with E-state index in [2.05, 4.69) is 15.4 Å². The summed E-state index contributed by atoms with van der Waals surface area (Å²) >= 11 is 0. The average molecular weight is 418 g/mol. The molecule has 2 aromatic rings. The average Bonchev–Trinajstić information content (AvgIpc) is 3.18. The van der Waals surface area contributed by atoms with Gasteiger partial charge in [-0.05, 0) is 37.3 Å². The maximum absolute atomic E-state index is 13.9. The lowest BCUT2D eigenvalue weighted by Gasteiger charge is -2.40. The van der Waals surface area contributed by atoms with Gasteiger partial charge in [-0.15, -0.1) is 0 Å². The molecule has 1 saturated heterocycles. The summed E-state index contributed by atoms with van der Waals surface area (Å²) in [6.45, 7) is 7.37. The zero-order valence-electron chi connectivity index (χ0n) is 17.7. The van der Waals surface area contributed by atoms with Gasteiger partial charge >= 0.3 is 0 Å². The minimum Gasteiger partial charge on any atom is -0.367 e. The van der Waals surface area contributed by atoms with Crippen LogP contribution in [0.3, 0.4) is 0 Å². The monoisotopic (exact) mass is 417 g/mol. The first-order valence-corrected chi connectivity index (χ1v) is 10.6. The maximum atomic E-state index is 13.9. The van der Waals surface area contributed by atoms with Crippen molar-refractivity contribution < 1.29 is 13.6 Å². The smallest absolute Gasteiger partial charge is 0.260 e. The van der Waals surface area contributed by atoms with Crippen LogP contribution in [0.1, 0.15) is 62.1 Å². The Kier molecular flexibility index (Phi) is 5.51. The summed E-state index contributed by atoms with van der Waals surface area (Å²) in [4.78, 5) is 18.5. The van der Waals surface area contributed by atoms with E-state index >= 15 is 0 Å². The Morgan fingerprint density at radius 3 is 2.47 bits per heavy atom. The summed E-state index contributed by atoms with van der Waals surface area (Å²) in [7, 11) is 0. The van der Waals surface area contributed by atoms with Crippen LogP contribution in [0.2, 0.25) is 0 Å². The van der Waals surface area contributed by atoms with Crippen molar-refractivity contribution in [3.05, 3.63) is 41.9 Å². The maximum Gasteiger partial charge on any atom is 0.260 e. The Hall–Kier alpha value is -2.51. The SMILES string of the molecule is CC(C)(C)c1cc2n(n1)[C@@H](C(F)F)C[C@@H](C1CCN(C(=O)c3ccncc3)CC1)N2. The molecule has 0 spiro atoms. The van der Waals surface area contributed by atoms with Gasteiger partial charge in [0.15, 0.2) is 0 Å². The topological polar surface area (TPSA) is 63.1 Å². The second kappa shape index (κ2) is 7.96. The predicted molar refractivity (Wildman–Crippen MR) is 111 cm³/mol. The molecule has 2 atom stereocenters. The molecule has 8 heteroatoms. The number of nitrogens with one attached hydrogen (secondary N) is 1. The second-order valence-electron chi connectivity index (χ2n) is 9.36. The van der Waals surface area contributed by atoms with Crippen molar-refractivity contribution in [3.8, 4) is 0 Å². The van der Waals surface area contributed by atoms with E-state index in [0.717, 1.165) is 18.5 Å². The highest BCUT2D eigenvalue weighted by molar-refractivity contribution is 5.94. The van der Waals surface area contributed by atoms with Gasteiger partial charge in [0.1, 0.15) is 11.9 Å². The van der Waals surface area contributed by atoms with Crippen LogP contribution in [-0.2, 0) is 5.41 Å². The molecule has 0 unspecified atom stereocenters. The molecule has 1 fully saturated rings. The van der Waals surface area contributed by atoms with E-state index in [4.69, 9.17) is 0 Å².